The van der Waals surface area contributed by atoms with Crippen LogP contribution in [0.4, 0.5) is 0 Å². The van der Waals surface area contributed by atoms with Crippen molar-refractivity contribution in [3.63, 3.8) is 0 Å². The summed E-state index contributed by atoms with van der Waals surface area (Å²) >= 11 is 0. The average molecular weight is 911 g/mol. The molecule has 5 heterocycles. The van der Waals surface area contributed by atoms with Crippen LogP contribution in [0, 0.1) is 0 Å². The summed E-state index contributed by atoms with van der Waals surface area (Å²) in [7, 11) is 0. The smallest absolute Gasteiger partial charge is 0.217 e. The third-order valence-corrected chi connectivity index (χ3v) is 11.1. The Bertz CT molecular complexity index is 1440. The molecule has 17 N–H and O–H groups in total. The number of hydrogen-bond acceptors (Lipinski definition) is 26. The molecule has 5 fully saturated rings. The van der Waals surface area contributed by atoms with Crippen LogP contribution >= 0.6 is 0 Å². The first-order chi connectivity index (χ1) is 29.3. The Morgan fingerprint density at radius 2 is 0.694 bits per heavy atom. The van der Waals surface area contributed by atoms with Gasteiger partial charge in [0.1, 0.15) is 122 Å². The molecule has 0 radical (unpaired) electrons. The van der Waals surface area contributed by atoms with Gasteiger partial charge in [0.2, 0.25) is 11.8 Å². The highest BCUT2D eigenvalue weighted by molar-refractivity contribution is 5.73. The summed E-state index contributed by atoms with van der Waals surface area (Å²) in [5.74, 6) is -1.55. The number of hydrogen-bond donors (Lipinski definition) is 17. The zero-order valence-corrected chi connectivity index (χ0v) is 33.2. The van der Waals surface area contributed by atoms with Crippen LogP contribution in [-0.4, -0.2) is 275 Å². The molecule has 0 bridgehead atoms. The first-order valence-electron chi connectivity index (χ1n) is 19.6. The Labute approximate surface area is 351 Å². The van der Waals surface area contributed by atoms with Crippen LogP contribution in [0.2, 0.25) is 0 Å². The van der Waals surface area contributed by atoms with Crippen molar-refractivity contribution >= 4 is 11.8 Å². The Morgan fingerprint density at radius 1 is 0.387 bits per heavy atom. The summed E-state index contributed by atoms with van der Waals surface area (Å²) in [5.41, 5.74) is 0. The monoisotopic (exact) mass is 910 g/mol. The van der Waals surface area contributed by atoms with Gasteiger partial charge in [-0.1, -0.05) is 0 Å². The van der Waals surface area contributed by atoms with Gasteiger partial charge in [-0.25, -0.2) is 0 Å². The van der Waals surface area contributed by atoms with Crippen molar-refractivity contribution in [2.45, 2.75) is 167 Å². The van der Waals surface area contributed by atoms with Crippen molar-refractivity contribution < 1.29 is 129 Å². The molecule has 28 heteroatoms. The van der Waals surface area contributed by atoms with Crippen LogP contribution in [0.5, 0.6) is 0 Å². The number of carbonyl (C=O) groups excluding carboxylic acids is 2. The van der Waals surface area contributed by atoms with Gasteiger partial charge in [-0.05, 0) is 0 Å². The van der Waals surface area contributed by atoms with Gasteiger partial charge < -0.3 is 130 Å². The number of aliphatic hydroxyl groups is 15. The molecule has 2 amide bonds. The molecular weight excluding hydrogens is 852 g/mol. The van der Waals surface area contributed by atoms with Gasteiger partial charge in [-0.15, -0.1) is 0 Å². The molecule has 5 aliphatic rings. The lowest BCUT2D eigenvalue weighted by molar-refractivity contribution is -0.388. The van der Waals surface area contributed by atoms with E-state index in [9.17, 15) is 86.2 Å². The maximum Gasteiger partial charge on any atom is 0.217 e. The van der Waals surface area contributed by atoms with Crippen molar-refractivity contribution in [1.29, 1.82) is 0 Å². The predicted octanol–water partition coefficient (Wildman–Crippen LogP) is -11.6. The van der Waals surface area contributed by atoms with Crippen molar-refractivity contribution in [3.8, 4) is 0 Å². The highest BCUT2D eigenvalue weighted by Gasteiger charge is 2.57. The zero-order valence-electron chi connectivity index (χ0n) is 33.2. The average Bonchev–Trinajstić information content (AvgIpc) is 3.23. The number of aliphatic hydroxyl groups excluding tert-OH is 15. The van der Waals surface area contributed by atoms with Gasteiger partial charge in [0.25, 0.3) is 0 Å². The second-order valence-electron chi connectivity index (χ2n) is 15.4. The van der Waals surface area contributed by atoms with E-state index in [0.29, 0.717) is 0 Å². The van der Waals surface area contributed by atoms with E-state index in [1.807, 2.05) is 0 Å². The van der Waals surface area contributed by atoms with Crippen LogP contribution in [0.15, 0.2) is 0 Å². The molecular formula is C34H58N2O26. The molecule has 5 rings (SSSR count). The number of rotatable bonds is 15. The number of nitrogens with one attached hydrogen (secondary N) is 2. The van der Waals surface area contributed by atoms with Crippen molar-refractivity contribution in [2.75, 3.05) is 33.0 Å². The molecule has 0 unspecified atom stereocenters. The molecule has 360 valence electrons. The molecule has 28 nitrogen and oxygen atoms in total. The topological polar surface area (TPSA) is 445 Å². The summed E-state index contributed by atoms with van der Waals surface area (Å²) in [5, 5.41) is 164. The largest absolute Gasteiger partial charge is 0.394 e. The highest BCUT2D eigenvalue weighted by Crippen LogP contribution is 2.36. The lowest BCUT2D eigenvalue weighted by Crippen LogP contribution is -2.71. The maximum atomic E-state index is 12.6. The molecule has 62 heavy (non-hydrogen) atoms. The summed E-state index contributed by atoms with van der Waals surface area (Å²) in [6.07, 6.45) is -42.8. The molecule has 0 aromatic carbocycles. The number of ether oxygens (including phenoxy) is 9. The summed E-state index contributed by atoms with van der Waals surface area (Å²) in [6.45, 7) is -2.54. The SMILES string of the molecule is CC(=O)N[C@H]1[C@H](O[C@H]2[C@@H](O)[C@@H](CO)O[C@@H](O[C@H]3[C@@H](O)[C@@H](CO)O[C@@H](O[C@@H]4[C@H](O)[C@@H](O[C@@H]5[C@H](O)[C@@H](O)O[C@H](CO)[C@H]5O)O[C@H](CO)[C@H]4O)[C@@H]3O)[C@@H]2NC(C)=O)O[C@H](CO)[C@H](O)[C@@H]1O. The minimum absolute atomic E-state index is 0.734. The van der Waals surface area contributed by atoms with Gasteiger partial charge in [-0.3, -0.25) is 9.59 Å². The first kappa shape index (κ1) is 51.0. The lowest BCUT2D eigenvalue weighted by Gasteiger charge is -2.50. The highest BCUT2D eigenvalue weighted by atomic mass is 16.8. The fourth-order valence-electron chi connectivity index (χ4n) is 7.82. The fourth-order valence-corrected chi connectivity index (χ4v) is 7.82. The molecule has 0 aromatic rings. The second-order valence-corrected chi connectivity index (χ2v) is 15.4. The number of carbonyl (C=O) groups is 2. The minimum Gasteiger partial charge on any atom is -0.394 e. The lowest BCUT2D eigenvalue weighted by atomic mass is 9.93. The van der Waals surface area contributed by atoms with Crippen LogP contribution < -0.4 is 10.6 Å². The van der Waals surface area contributed by atoms with Crippen LogP contribution in [0.25, 0.3) is 0 Å². The molecule has 5 aliphatic heterocycles. The molecule has 0 aliphatic carbocycles. The minimum atomic E-state index is -2.20. The van der Waals surface area contributed by atoms with Gasteiger partial charge in [0, 0.05) is 13.8 Å². The molecule has 0 aromatic heterocycles. The van der Waals surface area contributed by atoms with Gasteiger partial charge in [0.15, 0.2) is 31.5 Å². The van der Waals surface area contributed by atoms with Gasteiger partial charge >= 0.3 is 0 Å². The van der Waals surface area contributed by atoms with Crippen LogP contribution in [-0.2, 0) is 52.2 Å². The van der Waals surface area contributed by atoms with E-state index < -0.39 is 198 Å². The zero-order chi connectivity index (χ0) is 45.9. The molecule has 0 spiro atoms. The van der Waals surface area contributed by atoms with Crippen LogP contribution in [0.3, 0.4) is 0 Å². The quantitative estimate of drug-likeness (QED) is 0.0725. The molecule has 0 saturated carbocycles. The Hall–Kier alpha value is -2.02. The molecule has 25 atom stereocenters. The normalized spacial score (nSPS) is 49.0. The predicted molar refractivity (Wildman–Crippen MR) is 190 cm³/mol. The fraction of sp³-hybridized carbons (Fsp3) is 0.941. The summed E-state index contributed by atoms with van der Waals surface area (Å²) < 4.78 is 50.6. The van der Waals surface area contributed by atoms with E-state index in [0.717, 1.165) is 13.8 Å². The van der Waals surface area contributed by atoms with Crippen molar-refractivity contribution in [3.05, 3.63) is 0 Å². The standard InChI is InChI=1S/C34H58N2O26/c1-8(42)35-15-22(49)17(44)10(3-37)55-31(15)59-26-16(36-9(2)43)32(56-12(5-39)18(26)45)60-28-20(47)13(6-40)58-34(24(28)51)62-29-21(48)14(7-41)57-33(25(29)52)61-27-19(46)11(4-38)54-30(53)23(27)50/h10-34,37-41,44-53H,3-7H2,1-2H3,(H,35,42)(H,36,43)/t10-,11-,12-,13-,14-,15-,16-,17+,18+,19-,20+,21-,22-,23+,24-,25+,26-,27+,28+,29+,30+,31+,32+,33-,34+/m1/s1. The Balaban J connectivity index is 1.41. The van der Waals surface area contributed by atoms with E-state index in [4.69, 9.17) is 42.6 Å². The van der Waals surface area contributed by atoms with E-state index >= 15 is 0 Å². The second kappa shape index (κ2) is 22.0. The van der Waals surface area contributed by atoms with Gasteiger partial charge in [-0.2, -0.15) is 0 Å². The van der Waals surface area contributed by atoms with Gasteiger partial charge in [0.05, 0.1) is 33.0 Å². The van der Waals surface area contributed by atoms with Crippen molar-refractivity contribution in [2.24, 2.45) is 0 Å². The summed E-state index contributed by atoms with van der Waals surface area (Å²) in [6, 6.07) is -3.25. The first-order valence-corrected chi connectivity index (χ1v) is 19.6. The van der Waals surface area contributed by atoms with E-state index in [-0.39, 0.29) is 0 Å². The van der Waals surface area contributed by atoms with E-state index in [1.54, 1.807) is 0 Å². The van der Waals surface area contributed by atoms with Crippen LogP contribution in [0.1, 0.15) is 13.8 Å². The maximum absolute atomic E-state index is 12.6. The third-order valence-electron chi connectivity index (χ3n) is 11.1. The van der Waals surface area contributed by atoms with Crippen molar-refractivity contribution in [1.82, 2.24) is 10.6 Å². The molecule has 5 saturated heterocycles. The van der Waals surface area contributed by atoms with E-state index in [1.165, 1.54) is 0 Å². The Morgan fingerprint density at radius 3 is 1.11 bits per heavy atom. The summed E-state index contributed by atoms with van der Waals surface area (Å²) in [4.78, 5) is 24.6. The third kappa shape index (κ3) is 10.8. The van der Waals surface area contributed by atoms with E-state index in [2.05, 4.69) is 10.6 Å². The Kier molecular flexibility index (Phi) is 18.1. The number of amides is 2.